The Hall–Kier alpha value is -1.66. The van der Waals surface area contributed by atoms with Crippen LogP contribution in [0.15, 0.2) is 27.8 Å². The Kier molecular flexibility index (Phi) is 4.49. The van der Waals surface area contributed by atoms with Crippen LogP contribution in [0.1, 0.15) is 12.0 Å². The van der Waals surface area contributed by atoms with Crippen molar-refractivity contribution in [1.29, 1.82) is 0 Å². The molecule has 0 radical (unpaired) electrons. The second-order valence-electron chi connectivity index (χ2n) is 4.41. The normalized spacial score (nSPS) is 12.3. The van der Waals surface area contributed by atoms with Crippen LogP contribution in [0.25, 0.3) is 17.1 Å². The topological polar surface area (TPSA) is 123 Å². The fourth-order valence-electron chi connectivity index (χ4n) is 1.80. The van der Waals surface area contributed by atoms with Gasteiger partial charge in [0.05, 0.1) is 17.2 Å². The molecule has 0 aliphatic heterocycles. The number of aromatic nitrogens is 2. The molecule has 0 amide bonds. The van der Waals surface area contributed by atoms with Crippen molar-refractivity contribution in [3.05, 3.63) is 49.5 Å². The van der Waals surface area contributed by atoms with Crippen LogP contribution in [-0.2, 0) is 4.57 Å². The molecule has 0 aliphatic rings. The van der Waals surface area contributed by atoms with E-state index in [2.05, 4.69) is 9.97 Å². The maximum Gasteiger partial charge on any atom is 0.325 e. The molecular formula is C12H12ClN2O5P. The monoisotopic (exact) mass is 330 g/mol. The van der Waals surface area contributed by atoms with Crippen molar-refractivity contribution < 1.29 is 14.4 Å². The van der Waals surface area contributed by atoms with Gasteiger partial charge in [0.15, 0.2) is 0 Å². The Bertz CT molecular complexity index is 864. The Morgan fingerprint density at radius 1 is 1.19 bits per heavy atom. The molecule has 7 nitrogen and oxygen atoms in total. The van der Waals surface area contributed by atoms with E-state index in [1.54, 1.807) is 18.2 Å². The van der Waals surface area contributed by atoms with Crippen molar-refractivity contribution in [2.75, 3.05) is 6.16 Å². The molecule has 0 spiro atoms. The molecular weight excluding hydrogens is 319 g/mol. The van der Waals surface area contributed by atoms with Crippen LogP contribution in [0.2, 0.25) is 5.02 Å². The van der Waals surface area contributed by atoms with E-state index in [9.17, 15) is 14.2 Å². The second-order valence-corrected chi connectivity index (χ2v) is 6.62. The molecule has 21 heavy (non-hydrogen) atoms. The lowest BCUT2D eigenvalue weighted by Gasteiger charge is -2.03. The summed E-state index contributed by atoms with van der Waals surface area (Å²) in [5.41, 5.74) is -0.245. The smallest absolute Gasteiger partial charge is 0.324 e. The first-order valence-electron chi connectivity index (χ1n) is 5.93. The highest BCUT2D eigenvalue weighted by Crippen LogP contribution is 2.35. The van der Waals surface area contributed by atoms with Gasteiger partial charge in [-0.25, -0.2) is 0 Å². The molecule has 9 heteroatoms. The van der Waals surface area contributed by atoms with Gasteiger partial charge in [0.2, 0.25) is 0 Å². The summed E-state index contributed by atoms with van der Waals surface area (Å²) in [5, 5.41) is 0.361. The van der Waals surface area contributed by atoms with E-state index < -0.39 is 18.7 Å². The number of hydrogen-bond acceptors (Lipinski definition) is 3. The summed E-state index contributed by atoms with van der Waals surface area (Å²) in [7, 11) is -4.04. The van der Waals surface area contributed by atoms with Gasteiger partial charge in [-0.2, -0.15) is 0 Å². The summed E-state index contributed by atoms with van der Waals surface area (Å²) >= 11 is 5.93. The molecule has 4 N–H and O–H groups in total. The molecule has 1 aromatic heterocycles. The average Bonchev–Trinajstić information content (AvgIpc) is 2.35. The van der Waals surface area contributed by atoms with Crippen molar-refractivity contribution in [2.45, 2.75) is 6.42 Å². The lowest BCUT2D eigenvalue weighted by atomic mass is 10.1. The van der Waals surface area contributed by atoms with Gasteiger partial charge >= 0.3 is 18.7 Å². The van der Waals surface area contributed by atoms with Gasteiger partial charge in [-0.15, -0.1) is 0 Å². The van der Waals surface area contributed by atoms with Gasteiger partial charge in [0.1, 0.15) is 0 Å². The van der Waals surface area contributed by atoms with Crippen LogP contribution in [0.4, 0.5) is 0 Å². The fourth-order valence-corrected chi connectivity index (χ4v) is 2.51. The molecule has 112 valence electrons. The summed E-state index contributed by atoms with van der Waals surface area (Å²) in [6.07, 6.45) is 3.05. The number of nitrogens with one attached hydrogen (secondary N) is 2. The summed E-state index contributed by atoms with van der Waals surface area (Å²) in [5.74, 6) is 0. The Balaban J connectivity index is 2.41. The first-order chi connectivity index (χ1) is 9.76. The molecule has 2 rings (SSSR count). The number of allylic oxidation sites excluding steroid dienone is 1. The van der Waals surface area contributed by atoms with E-state index in [1.807, 2.05) is 0 Å². The van der Waals surface area contributed by atoms with Gasteiger partial charge in [-0.3, -0.25) is 14.2 Å². The highest BCUT2D eigenvalue weighted by Gasteiger charge is 2.10. The summed E-state index contributed by atoms with van der Waals surface area (Å²) in [6.45, 7) is 0. The number of aromatic amines is 2. The van der Waals surface area contributed by atoms with Gasteiger partial charge in [-0.1, -0.05) is 23.8 Å². The van der Waals surface area contributed by atoms with Crippen molar-refractivity contribution >= 4 is 36.3 Å². The standard InChI is InChI=1S/C12H12ClN2O5P/c13-8-5-7(3-1-2-4-21(18,19)20)10-9(6-8)14-11(16)12(17)15-10/h1,3,5-6H,2,4H2,(H,14,16)(H,15,17)(H2,18,19,20). The summed E-state index contributed by atoms with van der Waals surface area (Å²) in [6, 6.07) is 3.08. The lowest BCUT2D eigenvalue weighted by molar-refractivity contribution is 0.373. The SMILES string of the molecule is O=c1[nH]c2cc(Cl)cc(C=CCCP(=O)(O)O)c2[nH]c1=O. The zero-order valence-corrected chi connectivity index (χ0v) is 12.3. The van der Waals surface area contributed by atoms with E-state index in [0.29, 0.717) is 21.6 Å². The minimum Gasteiger partial charge on any atom is -0.324 e. The third kappa shape index (κ3) is 4.15. The van der Waals surface area contributed by atoms with Gasteiger partial charge in [0, 0.05) is 10.6 Å². The van der Waals surface area contributed by atoms with Crippen LogP contribution in [0, 0.1) is 0 Å². The highest BCUT2D eigenvalue weighted by molar-refractivity contribution is 7.51. The molecule has 0 saturated heterocycles. The molecule has 0 saturated carbocycles. The highest BCUT2D eigenvalue weighted by atomic mass is 35.5. The van der Waals surface area contributed by atoms with Crippen LogP contribution in [0.3, 0.4) is 0 Å². The average molecular weight is 331 g/mol. The van der Waals surface area contributed by atoms with E-state index in [4.69, 9.17) is 21.4 Å². The fraction of sp³-hybridized carbons (Fsp3) is 0.167. The molecule has 1 heterocycles. The molecule has 0 unspecified atom stereocenters. The number of benzene rings is 1. The van der Waals surface area contributed by atoms with E-state index in [0.717, 1.165) is 0 Å². The number of H-pyrrole nitrogens is 2. The third-order valence-electron chi connectivity index (χ3n) is 2.71. The van der Waals surface area contributed by atoms with E-state index in [1.165, 1.54) is 6.07 Å². The zero-order valence-electron chi connectivity index (χ0n) is 10.7. The van der Waals surface area contributed by atoms with Gasteiger partial charge < -0.3 is 19.8 Å². The second kappa shape index (κ2) is 5.99. The predicted molar refractivity (Wildman–Crippen MR) is 80.8 cm³/mol. The molecule has 0 atom stereocenters. The minimum atomic E-state index is -4.04. The zero-order chi connectivity index (χ0) is 15.6. The van der Waals surface area contributed by atoms with Gasteiger partial charge in [-0.05, 0) is 18.6 Å². The van der Waals surface area contributed by atoms with Crippen LogP contribution in [0.5, 0.6) is 0 Å². The maximum absolute atomic E-state index is 11.4. The third-order valence-corrected chi connectivity index (χ3v) is 3.77. The van der Waals surface area contributed by atoms with Crippen molar-refractivity contribution in [2.24, 2.45) is 0 Å². The first kappa shape index (κ1) is 15.7. The quantitative estimate of drug-likeness (QED) is 0.499. The van der Waals surface area contributed by atoms with Crippen molar-refractivity contribution in [3.8, 4) is 0 Å². The predicted octanol–water partition coefficient (Wildman–Crippen LogP) is 1.45. The Morgan fingerprint density at radius 2 is 1.86 bits per heavy atom. The molecule has 1 aromatic carbocycles. The number of fused-ring (bicyclic) bond motifs is 1. The lowest BCUT2D eigenvalue weighted by Crippen LogP contribution is -2.29. The first-order valence-corrected chi connectivity index (χ1v) is 8.11. The Labute approximate surface area is 123 Å². The number of halogens is 1. The van der Waals surface area contributed by atoms with Crippen molar-refractivity contribution in [1.82, 2.24) is 9.97 Å². The minimum absolute atomic E-state index is 0.172. The molecule has 0 fully saturated rings. The van der Waals surface area contributed by atoms with Crippen LogP contribution >= 0.6 is 19.2 Å². The molecule has 2 aromatic rings. The van der Waals surface area contributed by atoms with Crippen molar-refractivity contribution in [3.63, 3.8) is 0 Å². The van der Waals surface area contributed by atoms with Gasteiger partial charge in [0.25, 0.3) is 0 Å². The number of hydrogen-bond donors (Lipinski definition) is 4. The summed E-state index contributed by atoms with van der Waals surface area (Å²) < 4.78 is 10.7. The van der Waals surface area contributed by atoms with Crippen LogP contribution in [-0.4, -0.2) is 25.9 Å². The van der Waals surface area contributed by atoms with E-state index >= 15 is 0 Å². The summed E-state index contributed by atoms with van der Waals surface area (Å²) in [4.78, 5) is 45.0. The maximum atomic E-state index is 11.4. The van der Waals surface area contributed by atoms with Crippen LogP contribution < -0.4 is 11.1 Å². The largest absolute Gasteiger partial charge is 0.325 e. The molecule has 0 aliphatic carbocycles. The molecule has 0 bridgehead atoms. The Morgan fingerprint density at radius 3 is 2.52 bits per heavy atom. The number of rotatable bonds is 4. The van der Waals surface area contributed by atoms with E-state index in [-0.39, 0.29) is 12.6 Å².